The van der Waals surface area contributed by atoms with Gasteiger partial charge in [-0.2, -0.15) is 9.97 Å². The number of aromatic nitrogens is 4. The predicted octanol–water partition coefficient (Wildman–Crippen LogP) is 2.75. The van der Waals surface area contributed by atoms with E-state index in [2.05, 4.69) is 41.2 Å². The molecule has 0 spiro atoms. The second kappa shape index (κ2) is 4.51. The molecular formula is C12H11BrN6. The second-order valence-corrected chi connectivity index (χ2v) is 4.97. The lowest BCUT2D eigenvalue weighted by Gasteiger charge is -2.08. The van der Waals surface area contributed by atoms with Crippen molar-refractivity contribution in [3.05, 3.63) is 34.6 Å². The molecule has 3 aromatic rings. The Morgan fingerprint density at radius 1 is 1.32 bits per heavy atom. The van der Waals surface area contributed by atoms with Crippen LogP contribution in [0.3, 0.4) is 0 Å². The van der Waals surface area contributed by atoms with Crippen molar-refractivity contribution in [1.82, 2.24) is 19.9 Å². The van der Waals surface area contributed by atoms with E-state index in [1.165, 1.54) is 0 Å². The lowest BCUT2D eigenvalue weighted by atomic mass is 10.2. The summed E-state index contributed by atoms with van der Waals surface area (Å²) in [5, 5.41) is 3.22. The van der Waals surface area contributed by atoms with Crippen LogP contribution < -0.4 is 11.1 Å². The zero-order valence-corrected chi connectivity index (χ0v) is 11.7. The quantitative estimate of drug-likeness (QED) is 0.675. The van der Waals surface area contributed by atoms with Crippen LogP contribution in [0.4, 0.5) is 17.5 Å². The molecule has 0 fully saturated rings. The highest BCUT2D eigenvalue weighted by Crippen LogP contribution is 2.25. The van der Waals surface area contributed by atoms with Gasteiger partial charge >= 0.3 is 0 Å². The lowest BCUT2D eigenvalue weighted by molar-refractivity contribution is 1.21. The van der Waals surface area contributed by atoms with Crippen molar-refractivity contribution in [3.63, 3.8) is 0 Å². The number of fused-ring (bicyclic) bond motifs is 1. The van der Waals surface area contributed by atoms with Gasteiger partial charge < -0.3 is 16.0 Å². The fraction of sp³-hybridized carbons (Fsp3) is 0.0833. The number of nitrogens with two attached hydrogens (primary N) is 1. The summed E-state index contributed by atoms with van der Waals surface area (Å²) >= 11 is 3.47. The number of imidazole rings is 1. The van der Waals surface area contributed by atoms with E-state index in [1.807, 2.05) is 25.1 Å². The third-order valence-corrected chi connectivity index (χ3v) is 3.61. The highest BCUT2D eigenvalue weighted by Gasteiger charge is 2.09. The normalized spacial score (nSPS) is 10.8. The molecule has 0 aliphatic carbocycles. The highest BCUT2D eigenvalue weighted by molar-refractivity contribution is 9.10. The van der Waals surface area contributed by atoms with Crippen molar-refractivity contribution in [1.29, 1.82) is 0 Å². The van der Waals surface area contributed by atoms with Crippen LogP contribution in [0.2, 0.25) is 0 Å². The van der Waals surface area contributed by atoms with E-state index in [9.17, 15) is 0 Å². The topological polar surface area (TPSA) is 92.5 Å². The number of nitrogen functional groups attached to an aromatic ring is 1. The lowest BCUT2D eigenvalue weighted by Crippen LogP contribution is -2.01. The van der Waals surface area contributed by atoms with Gasteiger partial charge in [-0.15, -0.1) is 0 Å². The minimum absolute atomic E-state index is 0.191. The molecule has 2 heterocycles. The van der Waals surface area contributed by atoms with Crippen LogP contribution >= 0.6 is 15.9 Å². The number of hydrogen-bond acceptors (Lipinski definition) is 5. The van der Waals surface area contributed by atoms with Gasteiger partial charge in [0.15, 0.2) is 11.5 Å². The van der Waals surface area contributed by atoms with Crippen LogP contribution in [-0.4, -0.2) is 19.9 Å². The Hall–Kier alpha value is -2.15. The SMILES string of the molecule is Cc1cc(Nc2nc(N)nc3nc[nH]c23)ccc1Br. The molecule has 0 atom stereocenters. The number of benzene rings is 1. The average Bonchev–Trinajstić information content (AvgIpc) is 2.82. The van der Waals surface area contributed by atoms with Crippen molar-refractivity contribution >= 4 is 44.5 Å². The molecule has 0 aliphatic heterocycles. The second-order valence-electron chi connectivity index (χ2n) is 4.12. The highest BCUT2D eigenvalue weighted by atomic mass is 79.9. The van der Waals surface area contributed by atoms with E-state index < -0.39 is 0 Å². The number of aryl methyl sites for hydroxylation is 1. The van der Waals surface area contributed by atoms with E-state index in [-0.39, 0.29) is 5.95 Å². The molecule has 19 heavy (non-hydrogen) atoms. The molecule has 0 amide bonds. The van der Waals surface area contributed by atoms with Crippen LogP contribution in [0.15, 0.2) is 29.0 Å². The van der Waals surface area contributed by atoms with Gasteiger partial charge in [0.05, 0.1) is 6.33 Å². The number of halogens is 1. The Kier molecular flexibility index (Phi) is 2.83. The molecule has 6 nitrogen and oxygen atoms in total. The molecule has 2 aromatic heterocycles. The summed E-state index contributed by atoms with van der Waals surface area (Å²) in [5.74, 6) is 0.803. The van der Waals surface area contributed by atoms with Gasteiger partial charge in [-0.3, -0.25) is 0 Å². The van der Waals surface area contributed by atoms with Crippen LogP contribution in [0.5, 0.6) is 0 Å². The number of aromatic amines is 1. The minimum atomic E-state index is 0.191. The summed E-state index contributed by atoms with van der Waals surface area (Å²) in [6.07, 6.45) is 1.57. The Morgan fingerprint density at radius 2 is 2.16 bits per heavy atom. The van der Waals surface area contributed by atoms with Crippen molar-refractivity contribution < 1.29 is 0 Å². The molecule has 0 radical (unpaired) electrons. The maximum absolute atomic E-state index is 5.67. The maximum Gasteiger partial charge on any atom is 0.224 e. The summed E-state index contributed by atoms with van der Waals surface area (Å²) in [4.78, 5) is 15.3. The van der Waals surface area contributed by atoms with Gasteiger partial charge in [0.1, 0.15) is 5.52 Å². The van der Waals surface area contributed by atoms with E-state index in [4.69, 9.17) is 5.73 Å². The molecule has 0 aliphatic rings. The van der Waals surface area contributed by atoms with Gasteiger partial charge in [0.2, 0.25) is 5.95 Å². The summed E-state index contributed by atoms with van der Waals surface area (Å²) in [6, 6.07) is 5.95. The first kappa shape index (κ1) is 11.9. The summed E-state index contributed by atoms with van der Waals surface area (Å²) < 4.78 is 1.06. The van der Waals surface area contributed by atoms with Crippen LogP contribution in [-0.2, 0) is 0 Å². The smallest absolute Gasteiger partial charge is 0.224 e. The van der Waals surface area contributed by atoms with Crippen LogP contribution in [0, 0.1) is 6.92 Å². The Bertz CT molecular complexity index is 751. The monoisotopic (exact) mass is 318 g/mol. The van der Waals surface area contributed by atoms with Gasteiger partial charge in [-0.25, -0.2) is 4.98 Å². The minimum Gasteiger partial charge on any atom is -0.368 e. The Balaban J connectivity index is 2.04. The van der Waals surface area contributed by atoms with Crippen molar-refractivity contribution in [3.8, 4) is 0 Å². The van der Waals surface area contributed by atoms with E-state index >= 15 is 0 Å². The number of H-pyrrole nitrogens is 1. The number of hydrogen-bond donors (Lipinski definition) is 3. The largest absolute Gasteiger partial charge is 0.368 e. The third-order valence-electron chi connectivity index (χ3n) is 2.72. The fourth-order valence-corrected chi connectivity index (χ4v) is 2.05. The molecule has 0 unspecified atom stereocenters. The third kappa shape index (κ3) is 2.24. The molecule has 0 saturated carbocycles. The summed E-state index contributed by atoms with van der Waals surface area (Å²) in [6.45, 7) is 2.02. The summed E-state index contributed by atoms with van der Waals surface area (Å²) in [7, 11) is 0. The first-order valence-electron chi connectivity index (χ1n) is 5.63. The van der Waals surface area contributed by atoms with Crippen molar-refractivity contribution in [2.45, 2.75) is 6.92 Å². The molecular weight excluding hydrogens is 308 g/mol. The number of rotatable bonds is 2. The van der Waals surface area contributed by atoms with E-state index in [0.29, 0.717) is 11.5 Å². The molecule has 0 bridgehead atoms. The Morgan fingerprint density at radius 3 is 2.95 bits per heavy atom. The molecule has 4 N–H and O–H groups in total. The average molecular weight is 319 g/mol. The van der Waals surface area contributed by atoms with E-state index in [0.717, 1.165) is 21.2 Å². The number of nitrogens with one attached hydrogen (secondary N) is 2. The zero-order chi connectivity index (χ0) is 13.4. The van der Waals surface area contributed by atoms with Gasteiger partial charge in [0, 0.05) is 10.2 Å². The molecule has 7 heteroatoms. The summed E-state index contributed by atoms with van der Waals surface area (Å²) in [5.41, 5.74) is 9.00. The number of anilines is 3. The van der Waals surface area contributed by atoms with Gasteiger partial charge in [0.25, 0.3) is 0 Å². The standard InChI is InChI=1S/C12H11BrN6/c1-6-4-7(2-3-8(6)13)17-11-9-10(16-5-15-9)18-12(14)19-11/h2-5H,1H3,(H4,14,15,16,17,18,19). The van der Waals surface area contributed by atoms with Crippen LogP contribution in [0.1, 0.15) is 5.56 Å². The number of nitrogens with zero attached hydrogens (tertiary/aromatic N) is 3. The molecule has 3 rings (SSSR count). The molecule has 1 aromatic carbocycles. The zero-order valence-electron chi connectivity index (χ0n) is 10.1. The molecule has 0 saturated heterocycles. The predicted molar refractivity (Wildman–Crippen MR) is 78.3 cm³/mol. The van der Waals surface area contributed by atoms with Crippen molar-refractivity contribution in [2.24, 2.45) is 0 Å². The Labute approximate surface area is 117 Å². The van der Waals surface area contributed by atoms with Gasteiger partial charge in [-0.05, 0) is 30.7 Å². The van der Waals surface area contributed by atoms with Crippen molar-refractivity contribution in [2.75, 3.05) is 11.1 Å². The van der Waals surface area contributed by atoms with E-state index in [1.54, 1.807) is 6.33 Å². The maximum atomic E-state index is 5.67. The van der Waals surface area contributed by atoms with Gasteiger partial charge in [-0.1, -0.05) is 15.9 Å². The first-order chi connectivity index (χ1) is 9.13. The fourth-order valence-electron chi connectivity index (χ4n) is 1.80. The first-order valence-corrected chi connectivity index (χ1v) is 6.42. The molecule has 96 valence electrons. The van der Waals surface area contributed by atoms with Crippen LogP contribution in [0.25, 0.3) is 11.2 Å².